The number of Topliss-reactive ketones (excluding diaryl/α,β-unsaturated/α-hetero) is 1. The summed E-state index contributed by atoms with van der Waals surface area (Å²) >= 11 is 1.36. The van der Waals surface area contributed by atoms with E-state index in [9.17, 15) is 9.59 Å². The average molecular weight is 409 g/mol. The summed E-state index contributed by atoms with van der Waals surface area (Å²) < 4.78 is 1.97. The summed E-state index contributed by atoms with van der Waals surface area (Å²) in [6.45, 7) is 7.60. The molecule has 0 saturated carbocycles. The fraction of sp³-hybridized carbons (Fsp3) is 0.273. The van der Waals surface area contributed by atoms with Crippen LogP contribution in [0.3, 0.4) is 0 Å². The van der Waals surface area contributed by atoms with Crippen LogP contribution in [0.1, 0.15) is 35.6 Å². The second kappa shape index (κ2) is 9.05. The smallest absolute Gasteiger partial charge is 0.226 e. The molecule has 0 radical (unpaired) electrons. The van der Waals surface area contributed by atoms with Crippen molar-refractivity contribution in [1.82, 2.24) is 14.8 Å². The molecule has 0 spiro atoms. The highest BCUT2D eigenvalue weighted by atomic mass is 32.2. The first-order valence-electron chi connectivity index (χ1n) is 9.41. The number of nitrogens with one attached hydrogen (secondary N) is 1. The Kier molecular flexibility index (Phi) is 6.49. The molecule has 1 aromatic heterocycles. The Labute approximate surface area is 174 Å². The van der Waals surface area contributed by atoms with Gasteiger partial charge >= 0.3 is 0 Å². The largest absolute Gasteiger partial charge is 0.326 e. The maximum atomic E-state index is 12.6. The molecule has 0 aliphatic rings. The summed E-state index contributed by atoms with van der Waals surface area (Å²) in [5, 5.41) is 11.9. The molecule has 7 heteroatoms. The minimum atomic E-state index is -0.0956. The van der Waals surface area contributed by atoms with Crippen molar-refractivity contribution in [3.63, 3.8) is 0 Å². The number of nitrogens with zero attached hydrogens (tertiary/aromatic N) is 3. The first-order valence-corrected chi connectivity index (χ1v) is 10.4. The van der Waals surface area contributed by atoms with Gasteiger partial charge in [-0.25, -0.2) is 0 Å². The molecule has 29 heavy (non-hydrogen) atoms. The molecule has 6 nitrogen and oxygen atoms in total. The summed E-state index contributed by atoms with van der Waals surface area (Å²) in [7, 11) is 0. The fourth-order valence-electron chi connectivity index (χ4n) is 2.77. The van der Waals surface area contributed by atoms with Crippen molar-refractivity contribution in [2.24, 2.45) is 5.92 Å². The molecule has 2 aromatic carbocycles. The van der Waals surface area contributed by atoms with Crippen molar-refractivity contribution in [1.29, 1.82) is 0 Å². The number of aromatic nitrogens is 3. The number of hydrogen-bond acceptors (Lipinski definition) is 5. The Bertz CT molecular complexity index is 1030. The zero-order valence-electron chi connectivity index (χ0n) is 17.0. The first kappa shape index (κ1) is 20.8. The normalized spacial score (nSPS) is 10.9. The summed E-state index contributed by atoms with van der Waals surface area (Å²) in [5.74, 6) is 0.877. The minimum Gasteiger partial charge on any atom is -0.326 e. The Balaban J connectivity index is 1.69. The van der Waals surface area contributed by atoms with E-state index in [-0.39, 0.29) is 23.4 Å². The lowest BCUT2D eigenvalue weighted by atomic mass is 10.1. The Morgan fingerprint density at radius 1 is 1.03 bits per heavy atom. The lowest BCUT2D eigenvalue weighted by Crippen LogP contribution is -2.17. The van der Waals surface area contributed by atoms with Crippen LogP contribution in [0, 0.1) is 19.8 Å². The van der Waals surface area contributed by atoms with Crippen molar-refractivity contribution in [3.8, 4) is 5.69 Å². The van der Waals surface area contributed by atoms with E-state index in [0.29, 0.717) is 16.4 Å². The van der Waals surface area contributed by atoms with Gasteiger partial charge in [0.05, 0.1) is 11.4 Å². The predicted octanol–water partition coefficient (Wildman–Crippen LogP) is 4.45. The second-order valence-corrected chi connectivity index (χ2v) is 8.03. The van der Waals surface area contributed by atoms with Gasteiger partial charge in [0, 0.05) is 17.2 Å². The quantitative estimate of drug-likeness (QED) is 0.462. The molecule has 3 rings (SSSR count). The third-order valence-corrected chi connectivity index (χ3v) is 5.41. The fourth-order valence-corrected chi connectivity index (χ4v) is 3.65. The summed E-state index contributed by atoms with van der Waals surface area (Å²) in [6, 6.07) is 15.0. The zero-order chi connectivity index (χ0) is 21.0. The van der Waals surface area contributed by atoms with Crippen LogP contribution in [0.2, 0.25) is 0 Å². The highest BCUT2D eigenvalue weighted by molar-refractivity contribution is 7.99. The highest BCUT2D eigenvalue weighted by Crippen LogP contribution is 2.24. The predicted molar refractivity (Wildman–Crippen MR) is 116 cm³/mol. The van der Waals surface area contributed by atoms with Gasteiger partial charge in [-0.3, -0.25) is 14.2 Å². The number of carbonyl (C=O) groups is 2. The summed E-state index contributed by atoms with van der Waals surface area (Å²) in [6.07, 6.45) is 0. The Hall–Kier alpha value is -2.93. The van der Waals surface area contributed by atoms with E-state index in [0.717, 1.165) is 17.1 Å². The van der Waals surface area contributed by atoms with E-state index in [1.165, 1.54) is 11.8 Å². The van der Waals surface area contributed by atoms with Gasteiger partial charge < -0.3 is 5.32 Å². The van der Waals surface area contributed by atoms with Crippen molar-refractivity contribution in [2.45, 2.75) is 32.9 Å². The van der Waals surface area contributed by atoms with Crippen molar-refractivity contribution in [2.75, 3.05) is 11.1 Å². The Morgan fingerprint density at radius 3 is 2.38 bits per heavy atom. The molecule has 1 amide bonds. The standard InChI is InChI=1S/C22H24N4O2S/c1-14(2)21(28)23-18-11-9-17(10-12-18)20(27)13-29-22-25-24-16(4)26(22)19-8-6-5-7-15(19)3/h5-12,14H,13H2,1-4H3,(H,23,28). The van der Waals surface area contributed by atoms with Crippen molar-refractivity contribution in [3.05, 3.63) is 65.5 Å². The number of thioether (sulfide) groups is 1. The zero-order valence-corrected chi connectivity index (χ0v) is 17.8. The van der Waals surface area contributed by atoms with Crippen molar-refractivity contribution < 1.29 is 9.59 Å². The van der Waals surface area contributed by atoms with E-state index in [1.54, 1.807) is 24.3 Å². The molecular weight excluding hydrogens is 384 g/mol. The number of hydrogen-bond donors (Lipinski definition) is 1. The molecule has 0 unspecified atom stereocenters. The van der Waals surface area contributed by atoms with Crippen LogP contribution in [0.15, 0.2) is 53.7 Å². The van der Waals surface area contributed by atoms with Gasteiger partial charge in [-0.15, -0.1) is 10.2 Å². The lowest BCUT2D eigenvalue weighted by Gasteiger charge is -2.11. The number of benzene rings is 2. The van der Waals surface area contributed by atoms with Gasteiger partial charge in [0.15, 0.2) is 10.9 Å². The molecule has 1 N–H and O–H groups in total. The summed E-state index contributed by atoms with van der Waals surface area (Å²) in [4.78, 5) is 24.4. The molecule has 150 valence electrons. The molecule has 0 atom stereocenters. The molecule has 1 heterocycles. The van der Waals surface area contributed by atoms with E-state index in [2.05, 4.69) is 15.5 Å². The molecule has 0 aliphatic heterocycles. The van der Waals surface area contributed by atoms with Gasteiger partial charge in [-0.05, 0) is 49.7 Å². The number of ketones is 1. The van der Waals surface area contributed by atoms with E-state index in [4.69, 9.17) is 0 Å². The van der Waals surface area contributed by atoms with Gasteiger partial charge in [0.25, 0.3) is 0 Å². The Morgan fingerprint density at radius 2 is 1.72 bits per heavy atom. The summed E-state index contributed by atoms with van der Waals surface area (Å²) in [5.41, 5.74) is 3.40. The lowest BCUT2D eigenvalue weighted by molar-refractivity contribution is -0.118. The number of aryl methyl sites for hydroxylation is 2. The topological polar surface area (TPSA) is 76.9 Å². The maximum Gasteiger partial charge on any atom is 0.226 e. The average Bonchev–Trinajstić information content (AvgIpc) is 3.07. The van der Waals surface area contributed by atoms with E-state index in [1.807, 2.05) is 56.5 Å². The van der Waals surface area contributed by atoms with Crippen LogP contribution in [0.25, 0.3) is 5.69 Å². The molecule has 0 aliphatic carbocycles. The number of para-hydroxylation sites is 1. The molecule has 3 aromatic rings. The number of amides is 1. The van der Waals surface area contributed by atoms with Gasteiger partial charge in [0.1, 0.15) is 5.82 Å². The molecule has 0 saturated heterocycles. The van der Waals surface area contributed by atoms with Crippen LogP contribution in [0.5, 0.6) is 0 Å². The SMILES string of the molecule is Cc1ccccc1-n1c(C)nnc1SCC(=O)c1ccc(NC(=O)C(C)C)cc1. The number of rotatable bonds is 7. The van der Waals surface area contributed by atoms with E-state index >= 15 is 0 Å². The third-order valence-electron chi connectivity index (χ3n) is 4.48. The van der Waals surface area contributed by atoms with Crippen LogP contribution in [0.4, 0.5) is 5.69 Å². The van der Waals surface area contributed by atoms with Gasteiger partial charge in [0.2, 0.25) is 5.91 Å². The monoisotopic (exact) mass is 408 g/mol. The van der Waals surface area contributed by atoms with E-state index < -0.39 is 0 Å². The van der Waals surface area contributed by atoms with Crippen molar-refractivity contribution >= 4 is 29.1 Å². The third kappa shape index (κ3) is 4.92. The van der Waals surface area contributed by atoms with Crippen LogP contribution >= 0.6 is 11.8 Å². The maximum absolute atomic E-state index is 12.6. The number of carbonyl (C=O) groups excluding carboxylic acids is 2. The van der Waals surface area contributed by atoms with Crippen LogP contribution in [-0.2, 0) is 4.79 Å². The van der Waals surface area contributed by atoms with Gasteiger partial charge in [-0.1, -0.05) is 43.8 Å². The van der Waals surface area contributed by atoms with Crippen LogP contribution in [-0.4, -0.2) is 32.2 Å². The first-order chi connectivity index (χ1) is 13.9. The van der Waals surface area contributed by atoms with Crippen LogP contribution < -0.4 is 5.32 Å². The highest BCUT2D eigenvalue weighted by Gasteiger charge is 2.15. The number of anilines is 1. The molecule has 0 fully saturated rings. The second-order valence-electron chi connectivity index (χ2n) is 7.08. The minimum absolute atomic E-state index is 0.00581. The molecule has 0 bridgehead atoms. The molecular formula is C22H24N4O2S. The van der Waals surface area contributed by atoms with Gasteiger partial charge in [-0.2, -0.15) is 0 Å².